The molecular weight excluding hydrogens is 280 g/mol. The molecule has 1 amide bonds. The summed E-state index contributed by atoms with van der Waals surface area (Å²) in [5.74, 6) is 0.160. The Balaban J connectivity index is 1.82. The Morgan fingerprint density at radius 1 is 1.36 bits per heavy atom. The van der Waals surface area contributed by atoms with E-state index in [1.165, 1.54) is 0 Å². The van der Waals surface area contributed by atoms with Crippen molar-refractivity contribution in [3.8, 4) is 5.75 Å². The van der Waals surface area contributed by atoms with Crippen molar-refractivity contribution in [2.45, 2.75) is 32.5 Å². The van der Waals surface area contributed by atoms with E-state index in [0.717, 1.165) is 12.1 Å². The van der Waals surface area contributed by atoms with Crippen LogP contribution in [0.1, 0.15) is 25.5 Å². The van der Waals surface area contributed by atoms with Gasteiger partial charge < -0.3 is 15.8 Å². The van der Waals surface area contributed by atoms with Gasteiger partial charge in [-0.25, -0.2) is 0 Å². The molecule has 22 heavy (non-hydrogen) atoms. The Morgan fingerprint density at radius 2 is 2.09 bits per heavy atom. The van der Waals surface area contributed by atoms with Gasteiger partial charge in [-0.3, -0.25) is 9.48 Å². The van der Waals surface area contributed by atoms with Gasteiger partial charge in [0, 0.05) is 25.0 Å². The highest BCUT2D eigenvalue weighted by Crippen LogP contribution is 2.13. The number of nitrogens with two attached hydrogens (primary N) is 1. The molecule has 6 heteroatoms. The van der Waals surface area contributed by atoms with Gasteiger partial charge in [0.15, 0.2) is 6.61 Å². The number of amides is 1. The first-order chi connectivity index (χ1) is 10.6. The van der Waals surface area contributed by atoms with Gasteiger partial charge in [0.25, 0.3) is 5.91 Å². The van der Waals surface area contributed by atoms with Crippen LogP contribution >= 0.6 is 0 Å². The van der Waals surface area contributed by atoms with Crippen LogP contribution in [0.5, 0.6) is 5.75 Å². The van der Waals surface area contributed by atoms with E-state index in [2.05, 4.69) is 24.3 Å². The second kappa shape index (κ2) is 7.61. The number of benzene rings is 1. The second-order valence-electron chi connectivity index (χ2n) is 5.30. The average Bonchev–Trinajstić information content (AvgIpc) is 3.05. The van der Waals surface area contributed by atoms with Crippen molar-refractivity contribution < 1.29 is 9.53 Å². The van der Waals surface area contributed by atoms with E-state index >= 15 is 0 Å². The van der Waals surface area contributed by atoms with Crippen molar-refractivity contribution in [2.24, 2.45) is 5.73 Å². The Labute approximate surface area is 130 Å². The number of carbonyl (C=O) groups is 1. The van der Waals surface area contributed by atoms with Crippen LogP contribution in [0.15, 0.2) is 42.7 Å². The van der Waals surface area contributed by atoms with Crippen molar-refractivity contribution in [1.82, 2.24) is 15.1 Å². The third-order valence-electron chi connectivity index (χ3n) is 3.60. The largest absolute Gasteiger partial charge is 0.484 e. The van der Waals surface area contributed by atoms with Gasteiger partial charge >= 0.3 is 0 Å². The Kier molecular flexibility index (Phi) is 5.55. The highest BCUT2D eigenvalue weighted by Gasteiger charge is 2.13. The minimum absolute atomic E-state index is 0.101. The van der Waals surface area contributed by atoms with Crippen LogP contribution in [0, 0.1) is 0 Å². The van der Waals surface area contributed by atoms with Crippen molar-refractivity contribution in [3.05, 3.63) is 48.3 Å². The van der Waals surface area contributed by atoms with Gasteiger partial charge in [-0.15, -0.1) is 0 Å². The van der Waals surface area contributed by atoms with Gasteiger partial charge in [-0.05, 0) is 37.6 Å². The van der Waals surface area contributed by atoms with Crippen LogP contribution in [0.4, 0.5) is 0 Å². The van der Waals surface area contributed by atoms with Gasteiger partial charge in [-0.2, -0.15) is 5.10 Å². The number of carbonyl (C=O) groups excluding carboxylic acids is 1. The molecule has 118 valence electrons. The molecule has 1 aromatic heterocycles. The number of ether oxygens (including phenoxy) is 1. The standard InChI is InChI=1S/C16H22N4O2/c1-12(13(2)20-9-3-8-19-20)18-10-14-4-6-15(7-5-14)22-11-16(17)21/h3-9,12-13,18H,10-11H2,1-2H3,(H2,17,21)/t12-,13-/m0/s1. The summed E-state index contributed by atoms with van der Waals surface area (Å²) in [5, 5.41) is 7.74. The Morgan fingerprint density at radius 3 is 2.68 bits per heavy atom. The van der Waals surface area contributed by atoms with Gasteiger partial charge in [0.2, 0.25) is 0 Å². The summed E-state index contributed by atoms with van der Waals surface area (Å²) < 4.78 is 7.17. The minimum atomic E-state index is -0.479. The van der Waals surface area contributed by atoms with E-state index in [9.17, 15) is 4.79 Å². The normalized spacial score (nSPS) is 13.5. The molecule has 0 radical (unpaired) electrons. The van der Waals surface area contributed by atoms with E-state index in [4.69, 9.17) is 10.5 Å². The van der Waals surface area contributed by atoms with Crippen LogP contribution in [0.25, 0.3) is 0 Å². The third kappa shape index (κ3) is 4.60. The number of nitrogens with zero attached hydrogens (tertiary/aromatic N) is 2. The van der Waals surface area contributed by atoms with E-state index in [-0.39, 0.29) is 18.7 Å². The molecule has 0 aliphatic carbocycles. The van der Waals surface area contributed by atoms with E-state index in [0.29, 0.717) is 5.75 Å². The van der Waals surface area contributed by atoms with Crippen LogP contribution in [-0.2, 0) is 11.3 Å². The molecule has 6 nitrogen and oxygen atoms in total. The summed E-state index contributed by atoms with van der Waals surface area (Å²) >= 11 is 0. The van der Waals surface area contributed by atoms with Gasteiger partial charge in [0.1, 0.15) is 5.75 Å². The zero-order valence-corrected chi connectivity index (χ0v) is 12.9. The lowest BCUT2D eigenvalue weighted by molar-refractivity contribution is -0.119. The lowest BCUT2D eigenvalue weighted by Crippen LogP contribution is -2.33. The van der Waals surface area contributed by atoms with Crippen molar-refractivity contribution in [2.75, 3.05) is 6.61 Å². The Hall–Kier alpha value is -2.34. The lowest BCUT2D eigenvalue weighted by Gasteiger charge is -2.22. The number of rotatable bonds is 8. The zero-order valence-electron chi connectivity index (χ0n) is 12.9. The number of primary amides is 1. The molecule has 0 bridgehead atoms. The maximum atomic E-state index is 10.7. The average molecular weight is 302 g/mol. The van der Waals surface area contributed by atoms with Crippen LogP contribution in [-0.4, -0.2) is 28.3 Å². The second-order valence-corrected chi connectivity index (χ2v) is 5.30. The fourth-order valence-corrected chi connectivity index (χ4v) is 2.06. The molecule has 1 heterocycles. The summed E-state index contributed by atoms with van der Waals surface area (Å²) in [5.41, 5.74) is 6.18. The summed E-state index contributed by atoms with van der Waals surface area (Å²) in [6.45, 7) is 4.92. The first kappa shape index (κ1) is 16.0. The Bertz CT molecular complexity index is 581. The molecule has 0 aliphatic rings. The monoisotopic (exact) mass is 302 g/mol. The quantitative estimate of drug-likeness (QED) is 0.774. The van der Waals surface area contributed by atoms with Crippen molar-refractivity contribution in [3.63, 3.8) is 0 Å². The number of hydrogen-bond donors (Lipinski definition) is 2. The first-order valence-corrected chi connectivity index (χ1v) is 7.29. The first-order valence-electron chi connectivity index (χ1n) is 7.29. The molecule has 0 saturated heterocycles. The maximum Gasteiger partial charge on any atom is 0.255 e. The summed E-state index contributed by atoms with van der Waals surface area (Å²) in [6, 6.07) is 10.1. The molecule has 0 fully saturated rings. The van der Waals surface area contributed by atoms with Crippen LogP contribution in [0.2, 0.25) is 0 Å². The fraction of sp³-hybridized carbons (Fsp3) is 0.375. The van der Waals surface area contributed by atoms with Gasteiger partial charge in [-0.1, -0.05) is 12.1 Å². The smallest absolute Gasteiger partial charge is 0.255 e. The molecule has 0 aliphatic heterocycles. The topological polar surface area (TPSA) is 82.2 Å². The number of aromatic nitrogens is 2. The lowest BCUT2D eigenvalue weighted by atomic mass is 10.1. The predicted molar refractivity (Wildman–Crippen MR) is 84.4 cm³/mol. The highest BCUT2D eigenvalue weighted by atomic mass is 16.5. The summed E-state index contributed by atoms with van der Waals surface area (Å²) in [7, 11) is 0. The van der Waals surface area contributed by atoms with Crippen molar-refractivity contribution in [1.29, 1.82) is 0 Å². The third-order valence-corrected chi connectivity index (χ3v) is 3.60. The highest BCUT2D eigenvalue weighted by molar-refractivity contribution is 5.75. The molecular formula is C16H22N4O2. The zero-order chi connectivity index (χ0) is 15.9. The summed E-state index contributed by atoms with van der Waals surface area (Å²) in [4.78, 5) is 10.7. The molecule has 1 aromatic carbocycles. The van der Waals surface area contributed by atoms with Crippen LogP contribution < -0.4 is 15.8 Å². The SMILES string of the molecule is C[C@H](NCc1ccc(OCC(N)=O)cc1)[C@H](C)n1cccn1. The molecule has 2 aromatic rings. The molecule has 2 rings (SSSR count). The van der Waals surface area contributed by atoms with Crippen molar-refractivity contribution >= 4 is 5.91 Å². The molecule has 3 N–H and O–H groups in total. The summed E-state index contributed by atoms with van der Waals surface area (Å²) in [6.07, 6.45) is 3.75. The molecule has 0 spiro atoms. The van der Waals surface area contributed by atoms with E-state index in [1.807, 2.05) is 41.2 Å². The predicted octanol–water partition coefficient (Wildman–Crippen LogP) is 1.49. The number of hydrogen-bond acceptors (Lipinski definition) is 4. The fourth-order valence-electron chi connectivity index (χ4n) is 2.06. The van der Waals surface area contributed by atoms with Crippen LogP contribution in [0.3, 0.4) is 0 Å². The molecule has 0 saturated carbocycles. The maximum absolute atomic E-state index is 10.7. The number of nitrogens with one attached hydrogen (secondary N) is 1. The van der Waals surface area contributed by atoms with E-state index < -0.39 is 5.91 Å². The molecule has 2 atom stereocenters. The van der Waals surface area contributed by atoms with E-state index in [1.54, 1.807) is 6.20 Å². The molecule has 0 unspecified atom stereocenters. The minimum Gasteiger partial charge on any atom is -0.484 e. The van der Waals surface area contributed by atoms with Gasteiger partial charge in [0.05, 0.1) is 6.04 Å².